The Morgan fingerprint density at radius 2 is 1.91 bits per heavy atom. The van der Waals surface area contributed by atoms with E-state index in [9.17, 15) is 0 Å². The van der Waals surface area contributed by atoms with Crippen LogP contribution in [-0.4, -0.2) is 77.5 Å². The Kier molecular flexibility index (Phi) is 6.56. The molecule has 1 atom stereocenters. The van der Waals surface area contributed by atoms with Gasteiger partial charge in [-0.2, -0.15) is 9.97 Å². The summed E-state index contributed by atoms with van der Waals surface area (Å²) in [5, 5.41) is 6.86. The van der Waals surface area contributed by atoms with Crippen LogP contribution in [0.15, 0.2) is 24.5 Å². The zero-order valence-corrected chi connectivity index (χ0v) is 19.1. The highest BCUT2D eigenvalue weighted by Gasteiger charge is 2.21. The summed E-state index contributed by atoms with van der Waals surface area (Å²) in [5.41, 5.74) is 3.42. The highest BCUT2D eigenvalue weighted by molar-refractivity contribution is 5.84. The van der Waals surface area contributed by atoms with Crippen LogP contribution in [0.2, 0.25) is 0 Å². The van der Waals surface area contributed by atoms with Crippen LogP contribution in [0, 0.1) is 0 Å². The van der Waals surface area contributed by atoms with E-state index in [1.807, 2.05) is 6.07 Å². The van der Waals surface area contributed by atoms with Crippen LogP contribution >= 0.6 is 0 Å². The Balaban J connectivity index is 1.38. The van der Waals surface area contributed by atoms with Crippen molar-refractivity contribution in [3.63, 3.8) is 0 Å². The molecule has 3 aromatic rings. The molecular formula is C23H31N7O3. The first-order chi connectivity index (χ1) is 16.2. The number of morpholine rings is 1. The summed E-state index contributed by atoms with van der Waals surface area (Å²) < 4.78 is 16.7. The largest absolute Gasteiger partial charge is 0.495 e. The van der Waals surface area contributed by atoms with Gasteiger partial charge < -0.3 is 29.8 Å². The molecule has 1 aromatic carbocycles. The van der Waals surface area contributed by atoms with Crippen molar-refractivity contribution >= 4 is 28.6 Å². The van der Waals surface area contributed by atoms with E-state index >= 15 is 0 Å². The molecule has 10 nitrogen and oxygen atoms in total. The number of aromatic amines is 1. The van der Waals surface area contributed by atoms with Gasteiger partial charge in [0.2, 0.25) is 5.95 Å². The predicted octanol–water partition coefficient (Wildman–Crippen LogP) is 3.09. The quantitative estimate of drug-likeness (QED) is 0.497. The lowest BCUT2D eigenvalue weighted by Crippen LogP contribution is -2.38. The molecule has 5 rings (SSSR count). The number of nitrogens with zero attached hydrogens (tertiary/aromatic N) is 4. The molecule has 2 aromatic heterocycles. The number of H-pyrrole nitrogens is 1. The molecule has 2 fully saturated rings. The molecule has 2 aliphatic heterocycles. The second-order valence-corrected chi connectivity index (χ2v) is 8.44. The van der Waals surface area contributed by atoms with Gasteiger partial charge in [-0.25, -0.2) is 4.98 Å². The zero-order valence-electron chi connectivity index (χ0n) is 19.1. The maximum atomic E-state index is 5.71. The topological polar surface area (TPSA) is 109 Å². The highest BCUT2D eigenvalue weighted by atomic mass is 16.5. The highest BCUT2D eigenvalue weighted by Crippen LogP contribution is 2.33. The molecule has 4 heterocycles. The van der Waals surface area contributed by atoms with E-state index in [1.165, 1.54) is 5.56 Å². The van der Waals surface area contributed by atoms with Crippen molar-refractivity contribution in [2.75, 3.05) is 57.3 Å². The fourth-order valence-corrected chi connectivity index (χ4v) is 4.39. The summed E-state index contributed by atoms with van der Waals surface area (Å²) in [5.74, 6) is 1.95. The molecular weight excluding hydrogens is 422 g/mol. The van der Waals surface area contributed by atoms with Crippen LogP contribution in [0.4, 0.5) is 17.5 Å². The van der Waals surface area contributed by atoms with Gasteiger partial charge in [-0.15, -0.1) is 0 Å². The summed E-state index contributed by atoms with van der Waals surface area (Å²) in [4.78, 5) is 19.3. The summed E-state index contributed by atoms with van der Waals surface area (Å²) >= 11 is 0. The minimum Gasteiger partial charge on any atom is -0.495 e. The molecule has 3 N–H and O–H groups in total. The number of methoxy groups -OCH3 is 1. The number of hydrogen-bond acceptors (Lipinski definition) is 9. The lowest BCUT2D eigenvalue weighted by atomic mass is 10.1. The van der Waals surface area contributed by atoms with Crippen LogP contribution in [0.25, 0.3) is 11.2 Å². The average Bonchev–Trinajstić information content (AvgIpc) is 3.34. The van der Waals surface area contributed by atoms with E-state index in [0.29, 0.717) is 23.5 Å². The van der Waals surface area contributed by atoms with Crippen molar-refractivity contribution in [1.82, 2.24) is 24.8 Å². The van der Waals surface area contributed by atoms with Gasteiger partial charge in [0.25, 0.3) is 0 Å². The number of imidazole rings is 1. The Labute approximate surface area is 193 Å². The number of anilines is 3. The Bertz CT molecular complexity index is 1080. The maximum Gasteiger partial charge on any atom is 0.231 e. The number of rotatable bonds is 7. The Morgan fingerprint density at radius 1 is 1.12 bits per heavy atom. The molecule has 33 heavy (non-hydrogen) atoms. The number of benzene rings is 1. The average molecular weight is 454 g/mol. The van der Waals surface area contributed by atoms with Gasteiger partial charge in [0.15, 0.2) is 11.5 Å². The number of nitrogens with one attached hydrogen (secondary N) is 3. The molecule has 0 spiro atoms. The minimum absolute atomic E-state index is 0.282. The third-order valence-corrected chi connectivity index (χ3v) is 6.39. The summed E-state index contributed by atoms with van der Waals surface area (Å²) in [6, 6.07) is 6.82. The van der Waals surface area contributed by atoms with Crippen molar-refractivity contribution in [3.05, 3.63) is 30.1 Å². The lowest BCUT2D eigenvalue weighted by Gasteiger charge is -2.32. The maximum absolute atomic E-state index is 5.71. The molecule has 0 amide bonds. The normalized spacial score (nSPS) is 18.8. The lowest BCUT2D eigenvalue weighted by molar-refractivity contribution is 0.0198. The number of ether oxygens (including phenoxy) is 3. The Hall–Kier alpha value is -2.95. The number of hydrogen-bond donors (Lipinski definition) is 3. The summed E-state index contributed by atoms with van der Waals surface area (Å²) in [7, 11) is 1.68. The molecule has 1 unspecified atom stereocenters. The third-order valence-electron chi connectivity index (χ3n) is 6.39. The van der Waals surface area contributed by atoms with E-state index in [4.69, 9.17) is 19.2 Å². The molecule has 0 aliphatic carbocycles. The van der Waals surface area contributed by atoms with Crippen molar-refractivity contribution in [1.29, 1.82) is 0 Å². The van der Waals surface area contributed by atoms with E-state index in [0.717, 1.165) is 69.3 Å². The predicted molar refractivity (Wildman–Crippen MR) is 126 cm³/mol. The fraction of sp³-hybridized carbons (Fsp3) is 0.522. The van der Waals surface area contributed by atoms with E-state index < -0.39 is 0 Å². The fourth-order valence-electron chi connectivity index (χ4n) is 4.39. The molecule has 2 aliphatic rings. The molecule has 0 radical (unpaired) electrons. The standard InChI is InChI=1S/C23H31N7O3/c1-15(30-7-11-33-12-8-30)16-3-4-18(19(13-16)31-2)27-23-28-21-20(24-14-25-21)22(29-23)26-17-5-9-32-10-6-17/h3-4,13-15,17H,5-12H2,1-2H3,(H3,24,25,26,27,28,29). The van der Waals surface area contributed by atoms with Gasteiger partial charge in [-0.05, 0) is 37.5 Å². The SMILES string of the molecule is COc1cc(C(C)N2CCOCC2)ccc1Nc1nc(NC2CCOCC2)c2nc[nH]c2n1. The van der Waals surface area contributed by atoms with Crippen molar-refractivity contribution in [2.45, 2.75) is 31.8 Å². The van der Waals surface area contributed by atoms with Gasteiger partial charge in [0.05, 0.1) is 32.3 Å². The molecule has 0 bridgehead atoms. The van der Waals surface area contributed by atoms with Crippen LogP contribution in [0.1, 0.15) is 31.4 Å². The van der Waals surface area contributed by atoms with Crippen LogP contribution < -0.4 is 15.4 Å². The smallest absolute Gasteiger partial charge is 0.231 e. The van der Waals surface area contributed by atoms with Crippen LogP contribution in [0.3, 0.4) is 0 Å². The Morgan fingerprint density at radius 3 is 2.70 bits per heavy atom. The van der Waals surface area contributed by atoms with E-state index in [2.05, 4.69) is 49.5 Å². The molecule has 10 heteroatoms. The van der Waals surface area contributed by atoms with Crippen LogP contribution in [0.5, 0.6) is 5.75 Å². The minimum atomic E-state index is 0.282. The van der Waals surface area contributed by atoms with E-state index in [-0.39, 0.29) is 6.04 Å². The number of aromatic nitrogens is 4. The van der Waals surface area contributed by atoms with Gasteiger partial charge >= 0.3 is 0 Å². The van der Waals surface area contributed by atoms with Crippen LogP contribution in [-0.2, 0) is 9.47 Å². The second-order valence-electron chi connectivity index (χ2n) is 8.44. The van der Waals surface area contributed by atoms with Crippen molar-refractivity contribution in [2.24, 2.45) is 0 Å². The van der Waals surface area contributed by atoms with Gasteiger partial charge in [-0.3, -0.25) is 4.90 Å². The zero-order chi connectivity index (χ0) is 22.6. The van der Waals surface area contributed by atoms with Gasteiger partial charge in [0.1, 0.15) is 11.3 Å². The van der Waals surface area contributed by atoms with E-state index in [1.54, 1.807) is 13.4 Å². The molecule has 2 saturated heterocycles. The van der Waals surface area contributed by atoms with Gasteiger partial charge in [-0.1, -0.05) is 6.07 Å². The molecule has 0 saturated carbocycles. The molecule has 176 valence electrons. The van der Waals surface area contributed by atoms with Gasteiger partial charge in [0, 0.05) is 38.4 Å². The first-order valence-electron chi connectivity index (χ1n) is 11.5. The van der Waals surface area contributed by atoms with Crippen molar-refractivity contribution < 1.29 is 14.2 Å². The second kappa shape index (κ2) is 9.90. The summed E-state index contributed by atoms with van der Waals surface area (Å²) in [6.07, 6.45) is 3.52. The first-order valence-corrected chi connectivity index (χ1v) is 11.5. The first kappa shape index (κ1) is 21.9. The van der Waals surface area contributed by atoms with Crippen molar-refractivity contribution in [3.8, 4) is 5.75 Å². The third kappa shape index (κ3) is 4.87. The number of fused-ring (bicyclic) bond motifs is 1. The monoisotopic (exact) mass is 453 g/mol. The summed E-state index contributed by atoms with van der Waals surface area (Å²) in [6.45, 7) is 7.15.